The molecule has 0 aromatic heterocycles. The molecule has 2 rings (SSSR count). The number of hydrogen-bond donors (Lipinski definition) is 3. The van der Waals surface area contributed by atoms with Crippen LogP contribution >= 0.6 is 0 Å². The first-order chi connectivity index (χ1) is 12.5. The zero-order chi connectivity index (χ0) is 18.9. The van der Waals surface area contributed by atoms with Gasteiger partial charge in [0.15, 0.2) is 0 Å². The van der Waals surface area contributed by atoms with Gasteiger partial charge in [-0.05, 0) is 42.3 Å². The molecule has 0 heterocycles. The first-order valence-electron chi connectivity index (χ1n) is 8.42. The van der Waals surface area contributed by atoms with Gasteiger partial charge in [-0.25, -0.2) is 4.21 Å². The summed E-state index contributed by atoms with van der Waals surface area (Å²) >= 11 is 0. The molecule has 0 saturated carbocycles. The lowest BCUT2D eigenvalue weighted by molar-refractivity contribution is 0.351. The van der Waals surface area contributed by atoms with E-state index >= 15 is 0 Å². The quantitative estimate of drug-likeness (QED) is 0.624. The SMILES string of the molecule is CCN(Cc1ccccc1)/C(N)=C/C=C(\N)c1cccc(NS(C)=O)c1. The monoisotopic (exact) mass is 370 g/mol. The number of allylic oxidation sites excluding steroid dienone is 2. The van der Waals surface area contributed by atoms with Crippen LogP contribution in [-0.2, 0) is 17.5 Å². The molecular formula is C20H26N4OS. The van der Waals surface area contributed by atoms with E-state index in [0.29, 0.717) is 11.5 Å². The van der Waals surface area contributed by atoms with E-state index in [1.165, 1.54) is 5.56 Å². The Hall–Kier alpha value is -2.73. The summed E-state index contributed by atoms with van der Waals surface area (Å²) in [5.41, 5.74) is 15.8. The fraction of sp³-hybridized carbons (Fsp3) is 0.200. The number of benzene rings is 2. The summed E-state index contributed by atoms with van der Waals surface area (Å²) in [6.45, 7) is 3.61. The molecule has 5 nitrogen and oxygen atoms in total. The zero-order valence-electron chi connectivity index (χ0n) is 15.2. The van der Waals surface area contributed by atoms with E-state index in [1.807, 2.05) is 48.5 Å². The van der Waals surface area contributed by atoms with Crippen LogP contribution in [0.4, 0.5) is 5.69 Å². The molecular weight excluding hydrogens is 344 g/mol. The molecule has 1 atom stereocenters. The summed E-state index contributed by atoms with van der Waals surface area (Å²) in [4.78, 5) is 2.08. The molecule has 2 aromatic rings. The van der Waals surface area contributed by atoms with Crippen LogP contribution in [0.25, 0.3) is 5.70 Å². The Morgan fingerprint density at radius 1 is 1.12 bits per heavy atom. The van der Waals surface area contributed by atoms with Crippen LogP contribution in [0.15, 0.2) is 72.6 Å². The highest BCUT2D eigenvalue weighted by Crippen LogP contribution is 2.16. The van der Waals surface area contributed by atoms with Gasteiger partial charge in [-0.1, -0.05) is 42.5 Å². The van der Waals surface area contributed by atoms with E-state index in [9.17, 15) is 4.21 Å². The van der Waals surface area contributed by atoms with Gasteiger partial charge in [-0.15, -0.1) is 0 Å². The molecule has 2 aromatic carbocycles. The molecule has 0 radical (unpaired) electrons. The number of nitrogens with zero attached hydrogens (tertiary/aromatic N) is 1. The van der Waals surface area contributed by atoms with Crippen molar-refractivity contribution in [3.8, 4) is 0 Å². The van der Waals surface area contributed by atoms with Gasteiger partial charge in [0.25, 0.3) is 0 Å². The molecule has 138 valence electrons. The van der Waals surface area contributed by atoms with Gasteiger partial charge in [0, 0.05) is 30.7 Å². The van der Waals surface area contributed by atoms with Crippen LogP contribution in [0.5, 0.6) is 0 Å². The Balaban J connectivity index is 2.12. The predicted octanol–water partition coefficient (Wildman–Crippen LogP) is 3.01. The summed E-state index contributed by atoms with van der Waals surface area (Å²) in [6.07, 6.45) is 5.20. The Labute approximate surface area is 158 Å². The highest BCUT2D eigenvalue weighted by atomic mass is 32.2. The molecule has 26 heavy (non-hydrogen) atoms. The average molecular weight is 371 g/mol. The van der Waals surface area contributed by atoms with Crippen molar-refractivity contribution < 1.29 is 4.21 Å². The molecule has 5 N–H and O–H groups in total. The maximum Gasteiger partial charge on any atom is 0.113 e. The van der Waals surface area contributed by atoms with Crippen molar-refractivity contribution in [1.29, 1.82) is 0 Å². The first-order valence-corrected chi connectivity index (χ1v) is 9.97. The van der Waals surface area contributed by atoms with Gasteiger partial charge in [0.2, 0.25) is 0 Å². The van der Waals surface area contributed by atoms with E-state index in [-0.39, 0.29) is 0 Å². The maximum atomic E-state index is 11.3. The minimum absolute atomic E-state index is 0.592. The largest absolute Gasteiger partial charge is 0.398 e. The second kappa shape index (κ2) is 9.68. The highest BCUT2D eigenvalue weighted by Gasteiger charge is 2.05. The predicted molar refractivity (Wildman–Crippen MR) is 111 cm³/mol. The number of nitrogens with two attached hydrogens (primary N) is 2. The van der Waals surface area contributed by atoms with Crippen molar-refractivity contribution in [1.82, 2.24) is 4.90 Å². The van der Waals surface area contributed by atoms with Crippen molar-refractivity contribution >= 4 is 22.4 Å². The second-order valence-electron chi connectivity index (χ2n) is 5.85. The lowest BCUT2D eigenvalue weighted by atomic mass is 10.1. The Morgan fingerprint density at radius 3 is 2.50 bits per heavy atom. The van der Waals surface area contributed by atoms with Crippen LogP contribution in [0.3, 0.4) is 0 Å². The Kier molecular flexibility index (Phi) is 7.29. The van der Waals surface area contributed by atoms with E-state index in [0.717, 1.165) is 24.3 Å². The van der Waals surface area contributed by atoms with Crippen LogP contribution in [0, 0.1) is 0 Å². The van der Waals surface area contributed by atoms with Crippen molar-refractivity contribution in [2.24, 2.45) is 11.5 Å². The van der Waals surface area contributed by atoms with Crippen molar-refractivity contribution in [3.05, 3.63) is 83.7 Å². The smallest absolute Gasteiger partial charge is 0.113 e. The van der Waals surface area contributed by atoms with E-state index < -0.39 is 11.0 Å². The Morgan fingerprint density at radius 2 is 1.85 bits per heavy atom. The van der Waals surface area contributed by atoms with Crippen molar-refractivity contribution in [3.63, 3.8) is 0 Å². The first kappa shape index (κ1) is 19.6. The van der Waals surface area contributed by atoms with E-state index in [4.69, 9.17) is 11.5 Å². The fourth-order valence-electron chi connectivity index (χ4n) is 2.49. The molecule has 0 aliphatic heterocycles. The molecule has 0 aliphatic rings. The van der Waals surface area contributed by atoms with Crippen LogP contribution in [0.2, 0.25) is 0 Å². The molecule has 0 amide bonds. The number of hydrogen-bond acceptors (Lipinski definition) is 4. The van der Waals surface area contributed by atoms with Gasteiger partial charge in [-0.3, -0.25) is 0 Å². The molecule has 0 saturated heterocycles. The molecule has 6 heteroatoms. The van der Waals surface area contributed by atoms with Gasteiger partial charge in [-0.2, -0.15) is 0 Å². The number of anilines is 1. The normalized spacial score (nSPS) is 13.3. The van der Waals surface area contributed by atoms with Gasteiger partial charge < -0.3 is 21.1 Å². The third-order valence-corrected chi connectivity index (χ3v) is 4.38. The molecule has 0 aliphatic carbocycles. The topological polar surface area (TPSA) is 84.4 Å². The van der Waals surface area contributed by atoms with Gasteiger partial charge in [0.1, 0.15) is 11.0 Å². The molecule has 0 bridgehead atoms. The number of nitrogens with one attached hydrogen (secondary N) is 1. The molecule has 0 fully saturated rings. The summed E-state index contributed by atoms with van der Waals surface area (Å²) in [6, 6.07) is 17.7. The third-order valence-electron chi connectivity index (χ3n) is 3.85. The second-order valence-corrected chi connectivity index (χ2v) is 6.96. The minimum atomic E-state index is -1.12. The van der Waals surface area contributed by atoms with Gasteiger partial charge >= 0.3 is 0 Å². The minimum Gasteiger partial charge on any atom is -0.398 e. The maximum absolute atomic E-state index is 11.3. The van der Waals surface area contributed by atoms with Crippen LogP contribution in [-0.4, -0.2) is 21.9 Å². The lowest BCUT2D eigenvalue weighted by Crippen LogP contribution is -2.27. The summed E-state index contributed by atoms with van der Waals surface area (Å²) in [5.74, 6) is 0.656. The summed E-state index contributed by atoms with van der Waals surface area (Å²) in [7, 11) is -1.12. The van der Waals surface area contributed by atoms with E-state index in [1.54, 1.807) is 12.3 Å². The van der Waals surface area contributed by atoms with Crippen molar-refractivity contribution in [2.45, 2.75) is 13.5 Å². The third kappa shape index (κ3) is 5.97. The molecule has 1 unspecified atom stereocenters. The van der Waals surface area contributed by atoms with Crippen LogP contribution < -0.4 is 16.2 Å². The average Bonchev–Trinajstić information content (AvgIpc) is 2.64. The van der Waals surface area contributed by atoms with Crippen LogP contribution in [0.1, 0.15) is 18.1 Å². The highest BCUT2D eigenvalue weighted by molar-refractivity contribution is 7.85. The Bertz CT molecular complexity index is 802. The van der Waals surface area contributed by atoms with E-state index in [2.05, 4.69) is 28.7 Å². The summed E-state index contributed by atoms with van der Waals surface area (Å²) < 4.78 is 14.2. The zero-order valence-corrected chi connectivity index (χ0v) is 16.0. The summed E-state index contributed by atoms with van der Waals surface area (Å²) in [5, 5.41) is 0. The lowest BCUT2D eigenvalue weighted by Gasteiger charge is -2.23. The van der Waals surface area contributed by atoms with Gasteiger partial charge in [0.05, 0.1) is 5.82 Å². The molecule has 0 spiro atoms. The number of rotatable bonds is 8. The van der Waals surface area contributed by atoms with Crippen molar-refractivity contribution in [2.75, 3.05) is 17.5 Å². The fourth-order valence-corrected chi connectivity index (χ4v) is 2.95. The standard InChI is InChI=1S/C20H26N4OS/c1-3-24(15-16-8-5-4-6-9-16)20(22)13-12-19(21)17-10-7-11-18(14-17)23-26(2)25/h4-14,23H,3,15,21-22H2,1-2H3/b19-12-,20-13+.